The predicted molar refractivity (Wildman–Crippen MR) is 81.6 cm³/mol. The molecule has 0 aromatic carbocycles. The van der Waals surface area contributed by atoms with Crippen molar-refractivity contribution in [3.05, 3.63) is 18.2 Å². The van der Waals surface area contributed by atoms with Crippen LogP contribution in [0.1, 0.15) is 65.1 Å². The fourth-order valence-electron chi connectivity index (χ4n) is 3.71. The first-order valence-electron chi connectivity index (χ1n) is 8.11. The van der Waals surface area contributed by atoms with E-state index < -0.39 is 0 Å². The summed E-state index contributed by atoms with van der Waals surface area (Å²) in [6.07, 6.45) is 11.0. The van der Waals surface area contributed by atoms with Crippen molar-refractivity contribution in [1.82, 2.24) is 9.55 Å². The largest absolute Gasteiger partial charge is 0.335 e. The lowest BCUT2D eigenvalue weighted by Gasteiger charge is -2.29. The molecule has 3 heteroatoms. The molecule has 1 fully saturated rings. The number of aromatic nitrogens is 2. The van der Waals surface area contributed by atoms with E-state index in [1.54, 1.807) is 0 Å². The van der Waals surface area contributed by atoms with E-state index in [2.05, 4.69) is 30.3 Å². The third-order valence-corrected chi connectivity index (χ3v) is 4.54. The van der Waals surface area contributed by atoms with Crippen LogP contribution in [0.25, 0.3) is 0 Å². The number of hydrogen-bond donors (Lipinski definition) is 0. The lowest BCUT2D eigenvalue weighted by atomic mass is 9.74. The molecule has 0 saturated heterocycles. The molecule has 0 unspecified atom stereocenters. The summed E-state index contributed by atoms with van der Waals surface area (Å²) in [5.41, 5.74) is -0.0584. The highest BCUT2D eigenvalue weighted by Gasteiger charge is 2.41. The van der Waals surface area contributed by atoms with Gasteiger partial charge in [-0.2, -0.15) is 0 Å². The van der Waals surface area contributed by atoms with Crippen molar-refractivity contribution in [3.8, 4) is 0 Å². The Morgan fingerprint density at radius 2 is 2.10 bits per heavy atom. The molecular formula is C17H28N2O. The molecule has 3 nitrogen and oxygen atoms in total. The highest BCUT2D eigenvalue weighted by Crippen LogP contribution is 2.44. The van der Waals surface area contributed by atoms with Gasteiger partial charge in [-0.15, -0.1) is 0 Å². The molecule has 0 N–H and O–H groups in total. The van der Waals surface area contributed by atoms with Crippen LogP contribution >= 0.6 is 0 Å². The minimum atomic E-state index is -0.0584. The standard InChI is InChI=1S/C17H28N2O/c1-4-10-19-11-9-18-16(19)12-15(20)17(13-14(2)3)7-5-6-8-17/h9,11,14H,4-8,10,12-13H2,1-3H3. The van der Waals surface area contributed by atoms with Crippen LogP contribution in [0.15, 0.2) is 12.4 Å². The van der Waals surface area contributed by atoms with Crippen molar-refractivity contribution in [2.24, 2.45) is 11.3 Å². The normalized spacial score (nSPS) is 17.8. The Bertz CT molecular complexity index is 442. The average molecular weight is 276 g/mol. The van der Waals surface area contributed by atoms with Gasteiger partial charge in [0.05, 0.1) is 6.42 Å². The molecule has 1 saturated carbocycles. The molecule has 1 heterocycles. The maximum absolute atomic E-state index is 12.9. The molecule has 1 aromatic rings. The minimum Gasteiger partial charge on any atom is -0.335 e. The molecule has 2 rings (SSSR count). The van der Waals surface area contributed by atoms with Crippen LogP contribution in [0.4, 0.5) is 0 Å². The Morgan fingerprint density at radius 1 is 1.40 bits per heavy atom. The minimum absolute atomic E-state index is 0.0584. The first kappa shape index (κ1) is 15.3. The average Bonchev–Trinajstić information content (AvgIpc) is 3.00. The van der Waals surface area contributed by atoms with Crippen molar-refractivity contribution in [1.29, 1.82) is 0 Å². The summed E-state index contributed by atoms with van der Waals surface area (Å²) in [5, 5.41) is 0. The van der Waals surface area contributed by atoms with Gasteiger partial charge in [-0.25, -0.2) is 4.98 Å². The molecule has 0 spiro atoms. The monoisotopic (exact) mass is 276 g/mol. The smallest absolute Gasteiger partial charge is 0.146 e. The lowest BCUT2D eigenvalue weighted by Crippen LogP contribution is -2.32. The number of Topliss-reactive ketones (excluding diaryl/α,β-unsaturated/α-hetero) is 1. The Balaban J connectivity index is 2.10. The second-order valence-electron chi connectivity index (χ2n) is 6.72. The van der Waals surface area contributed by atoms with Gasteiger partial charge in [0, 0.05) is 24.4 Å². The van der Waals surface area contributed by atoms with Gasteiger partial charge < -0.3 is 4.57 Å². The first-order valence-corrected chi connectivity index (χ1v) is 8.11. The van der Waals surface area contributed by atoms with Crippen LogP contribution in [0, 0.1) is 11.3 Å². The van der Waals surface area contributed by atoms with E-state index in [1.807, 2.05) is 12.4 Å². The summed E-state index contributed by atoms with van der Waals surface area (Å²) in [5.74, 6) is 1.96. The van der Waals surface area contributed by atoms with E-state index in [0.717, 1.165) is 38.1 Å². The maximum Gasteiger partial charge on any atom is 0.146 e. The van der Waals surface area contributed by atoms with Gasteiger partial charge in [-0.3, -0.25) is 4.79 Å². The third-order valence-electron chi connectivity index (χ3n) is 4.54. The Labute approximate surface area is 122 Å². The van der Waals surface area contributed by atoms with Gasteiger partial charge in [-0.05, 0) is 31.6 Å². The van der Waals surface area contributed by atoms with Crippen molar-refractivity contribution in [3.63, 3.8) is 0 Å². The van der Waals surface area contributed by atoms with E-state index in [0.29, 0.717) is 18.1 Å². The molecule has 1 aliphatic rings. The quantitative estimate of drug-likeness (QED) is 0.754. The zero-order valence-electron chi connectivity index (χ0n) is 13.2. The summed E-state index contributed by atoms with van der Waals surface area (Å²) >= 11 is 0. The number of ketones is 1. The van der Waals surface area contributed by atoms with E-state index in [9.17, 15) is 4.79 Å². The topological polar surface area (TPSA) is 34.9 Å². The molecule has 1 aliphatic carbocycles. The summed E-state index contributed by atoms with van der Waals surface area (Å²) in [6, 6.07) is 0. The number of carbonyl (C=O) groups is 1. The van der Waals surface area contributed by atoms with E-state index in [4.69, 9.17) is 0 Å². The van der Waals surface area contributed by atoms with Crippen LogP contribution < -0.4 is 0 Å². The van der Waals surface area contributed by atoms with Crippen LogP contribution in [0.5, 0.6) is 0 Å². The number of aryl methyl sites for hydroxylation is 1. The van der Waals surface area contributed by atoms with Crippen LogP contribution in [0.3, 0.4) is 0 Å². The SMILES string of the molecule is CCCn1ccnc1CC(=O)C1(CC(C)C)CCCC1. The van der Waals surface area contributed by atoms with Crippen LogP contribution in [-0.2, 0) is 17.8 Å². The predicted octanol–water partition coefficient (Wildman–Crippen LogP) is 4.01. The number of nitrogens with zero attached hydrogens (tertiary/aromatic N) is 2. The van der Waals surface area contributed by atoms with Gasteiger partial charge in [0.15, 0.2) is 0 Å². The Hall–Kier alpha value is -1.12. The number of rotatable bonds is 7. The molecule has 0 bridgehead atoms. The van der Waals surface area contributed by atoms with E-state index in [1.165, 1.54) is 12.8 Å². The van der Waals surface area contributed by atoms with Crippen molar-refractivity contribution >= 4 is 5.78 Å². The number of hydrogen-bond acceptors (Lipinski definition) is 2. The zero-order valence-corrected chi connectivity index (χ0v) is 13.2. The molecule has 0 aliphatic heterocycles. The lowest BCUT2D eigenvalue weighted by molar-refractivity contribution is -0.129. The molecular weight excluding hydrogens is 248 g/mol. The van der Waals surface area contributed by atoms with Gasteiger partial charge in [0.25, 0.3) is 0 Å². The highest BCUT2D eigenvalue weighted by molar-refractivity contribution is 5.86. The highest BCUT2D eigenvalue weighted by atomic mass is 16.1. The fourth-order valence-corrected chi connectivity index (χ4v) is 3.71. The second kappa shape index (κ2) is 6.55. The van der Waals surface area contributed by atoms with E-state index in [-0.39, 0.29) is 5.41 Å². The molecule has 0 amide bonds. The zero-order chi connectivity index (χ0) is 14.6. The van der Waals surface area contributed by atoms with E-state index >= 15 is 0 Å². The van der Waals surface area contributed by atoms with Crippen molar-refractivity contribution in [2.45, 2.75) is 72.3 Å². The third kappa shape index (κ3) is 3.31. The van der Waals surface area contributed by atoms with Crippen LogP contribution in [0.2, 0.25) is 0 Å². The Morgan fingerprint density at radius 3 is 2.70 bits per heavy atom. The molecule has 0 atom stereocenters. The Kier molecular flexibility index (Phi) is 5.00. The van der Waals surface area contributed by atoms with Gasteiger partial charge >= 0.3 is 0 Å². The van der Waals surface area contributed by atoms with Crippen molar-refractivity contribution in [2.75, 3.05) is 0 Å². The molecule has 1 aromatic heterocycles. The number of carbonyl (C=O) groups excluding carboxylic acids is 1. The summed E-state index contributed by atoms with van der Waals surface area (Å²) in [6.45, 7) is 7.57. The molecule has 112 valence electrons. The van der Waals surface area contributed by atoms with Gasteiger partial charge in [0.1, 0.15) is 11.6 Å². The summed E-state index contributed by atoms with van der Waals surface area (Å²) < 4.78 is 2.13. The molecule has 20 heavy (non-hydrogen) atoms. The first-order chi connectivity index (χ1) is 9.57. The van der Waals surface area contributed by atoms with Crippen molar-refractivity contribution < 1.29 is 4.79 Å². The van der Waals surface area contributed by atoms with Gasteiger partial charge in [-0.1, -0.05) is 33.6 Å². The molecule has 0 radical (unpaired) electrons. The summed E-state index contributed by atoms with van der Waals surface area (Å²) in [7, 11) is 0. The van der Waals surface area contributed by atoms with Crippen LogP contribution in [-0.4, -0.2) is 15.3 Å². The number of imidazole rings is 1. The maximum atomic E-state index is 12.9. The summed E-state index contributed by atoms with van der Waals surface area (Å²) in [4.78, 5) is 17.3. The fraction of sp³-hybridized carbons (Fsp3) is 0.765. The second-order valence-corrected chi connectivity index (χ2v) is 6.72. The van der Waals surface area contributed by atoms with Gasteiger partial charge in [0.2, 0.25) is 0 Å².